The molecule has 4 heteroatoms. The first-order chi connectivity index (χ1) is 8.67. The Kier molecular flexibility index (Phi) is 6.22. The van der Waals surface area contributed by atoms with Gasteiger partial charge in [-0.2, -0.15) is 0 Å². The molecule has 1 unspecified atom stereocenters. The maximum Gasteiger partial charge on any atom is 0.347 e. The molecule has 1 atom stereocenters. The molecular formula is C14H20O4. The molecule has 0 radical (unpaired) electrons. The summed E-state index contributed by atoms with van der Waals surface area (Å²) in [5, 5.41) is 8.93. The highest BCUT2D eigenvalue weighted by molar-refractivity contribution is 5.72. The van der Waals surface area contributed by atoms with E-state index in [1.54, 1.807) is 12.1 Å². The van der Waals surface area contributed by atoms with Gasteiger partial charge in [0, 0.05) is 7.11 Å². The lowest BCUT2D eigenvalue weighted by atomic mass is 10.1. The third-order valence-electron chi connectivity index (χ3n) is 2.61. The number of rotatable bonds is 8. The first-order valence-corrected chi connectivity index (χ1v) is 6.14. The summed E-state index contributed by atoms with van der Waals surface area (Å²) < 4.78 is 10.2. The minimum atomic E-state index is -1.02. The molecule has 0 aliphatic heterocycles. The van der Waals surface area contributed by atoms with E-state index in [1.807, 2.05) is 12.1 Å². The van der Waals surface area contributed by atoms with E-state index < -0.39 is 12.1 Å². The Morgan fingerprint density at radius 2 is 2.00 bits per heavy atom. The van der Waals surface area contributed by atoms with Crippen LogP contribution in [0.5, 0.6) is 5.75 Å². The van der Waals surface area contributed by atoms with Gasteiger partial charge in [0.2, 0.25) is 6.10 Å². The van der Waals surface area contributed by atoms with Crippen molar-refractivity contribution in [2.24, 2.45) is 0 Å². The number of carbonyl (C=O) groups is 1. The summed E-state index contributed by atoms with van der Waals surface area (Å²) >= 11 is 0. The van der Waals surface area contributed by atoms with E-state index in [2.05, 4.69) is 6.92 Å². The molecule has 1 rings (SSSR count). The van der Waals surface area contributed by atoms with E-state index in [-0.39, 0.29) is 6.61 Å². The van der Waals surface area contributed by atoms with Gasteiger partial charge in [-0.05, 0) is 30.5 Å². The molecule has 0 aliphatic rings. The minimum absolute atomic E-state index is 0.0346. The number of unbranched alkanes of at least 4 members (excludes halogenated alkanes) is 1. The largest absolute Gasteiger partial charge is 0.478 e. The number of carboxylic acids is 1. The molecule has 0 aliphatic carbocycles. The van der Waals surface area contributed by atoms with Gasteiger partial charge in [0.05, 0.1) is 6.61 Å². The number of carboxylic acid groups (broad SMARTS) is 1. The second-order valence-corrected chi connectivity index (χ2v) is 4.15. The molecule has 0 spiro atoms. The smallest absolute Gasteiger partial charge is 0.347 e. The summed E-state index contributed by atoms with van der Waals surface area (Å²) in [5.41, 5.74) is 1.24. The highest BCUT2D eigenvalue weighted by atomic mass is 16.5. The van der Waals surface area contributed by atoms with Crippen LogP contribution in [0.3, 0.4) is 0 Å². The summed E-state index contributed by atoms with van der Waals surface area (Å²) in [5.74, 6) is -0.466. The van der Waals surface area contributed by atoms with Gasteiger partial charge in [0.25, 0.3) is 0 Å². The lowest BCUT2D eigenvalue weighted by Crippen LogP contribution is -2.31. The molecule has 0 saturated heterocycles. The molecule has 0 aromatic heterocycles. The average Bonchev–Trinajstić information content (AvgIpc) is 2.37. The second-order valence-electron chi connectivity index (χ2n) is 4.15. The number of methoxy groups -OCH3 is 1. The van der Waals surface area contributed by atoms with Gasteiger partial charge in [0.15, 0.2) is 0 Å². The molecule has 1 aromatic carbocycles. The molecule has 0 fully saturated rings. The van der Waals surface area contributed by atoms with E-state index in [9.17, 15) is 4.79 Å². The van der Waals surface area contributed by atoms with E-state index in [4.69, 9.17) is 14.6 Å². The van der Waals surface area contributed by atoms with Crippen molar-refractivity contribution in [2.45, 2.75) is 32.3 Å². The zero-order valence-corrected chi connectivity index (χ0v) is 10.9. The first kappa shape index (κ1) is 14.5. The van der Waals surface area contributed by atoms with E-state index in [0.717, 1.165) is 19.3 Å². The number of aliphatic carboxylic acids is 1. The summed E-state index contributed by atoms with van der Waals surface area (Å²) in [4.78, 5) is 10.9. The zero-order valence-electron chi connectivity index (χ0n) is 10.9. The van der Waals surface area contributed by atoms with Gasteiger partial charge in [-0.3, -0.25) is 0 Å². The fourth-order valence-corrected chi connectivity index (χ4v) is 1.59. The van der Waals surface area contributed by atoms with Gasteiger partial charge in [0.1, 0.15) is 5.75 Å². The predicted octanol–water partition coefficient (Wildman–Crippen LogP) is 2.51. The number of ether oxygens (including phenoxy) is 2. The van der Waals surface area contributed by atoms with Crippen molar-refractivity contribution in [1.29, 1.82) is 0 Å². The van der Waals surface area contributed by atoms with Crippen molar-refractivity contribution >= 4 is 5.97 Å². The Hall–Kier alpha value is -1.55. The van der Waals surface area contributed by atoms with Crippen LogP contribution in [0.25, 0.3) is 0 Å². The number of benzene rings is 1. The summed E-state index contributed by atoms with van der Waals surface area (Å²) in [6, 6.07) is 7.54. The molecule has 1 N–H and O–H groups in total. The number of hydrogen-bond acceptors (Lipinski definition) is 3. The lowest BCUT2D eigenvalue weighted by Gasteiger charge is -2.14. The molecule has 0 saturated carbocycles. The van der Waals surface area contributed by atoms with E-state index in [1.165, 1.54) is 12.7 Å². The second kappa shape index (κ2) is 7.71. The molecule has 0 amide bonds. The van der Waals surface area contributed by atoms with Crippen LogP contribution in [0.1, 0.15) is 25.3 Å². The van der Waals surface area contributed by atoms with Crippen LogP contribution < -0.4 is 4.74 Å². The summed E-state index contributed by atoms with van der Waals surface area (Å²) in [7, 11) is 1.45. The van der Waals surface area contributed by atoms with Crippen molar-refractivity contribution < 1.29 is 19.4 Å². The Morgan fingerprint density at radius 1 is 1.33 bits per heavy atom. The first-order valence-electron chi connectivity index (χ1n) is 6.14. The summed E-state index contributed by atoms with van der Waals surface area (Å²) in [6.45, 7) is 2.19. The molecule has 0 bridgehead atoms. The van der Waals surface area contributed by atoms with Crippen molar-refractivity contribution in [3.63, 3.8) is 0 Å². The standard InChI is InChI=1S/C14H20O4/c1-3-4-5-11-6-8-12(9-7-11)18-13(10-17-2)14(15)16/h6-9,13H,3-5,10H2,1-2H3,(H,15,16). The maximum atomic E-state index is 10.9. The Balaban J connectivity index is 2.58. The van der Waals surface area contributed by atoms with Crippen molar-refractivity contribution in [2.75, 3.05) is 13.7 Å². The maximum absolute atomic E-state index is 10.9. The topological polar surface area (TPSA) is 55.8 Å². The predicted molar refractivity (Wildman–Crippen MR) is 69.0 cm³/mol. The van der Waals surface area contributed by atoms with E-state index >= 15 is 0 Å². The fourth-order valence-electron chi connectivity index (χ4n) is 1.59. The van der Waals surface area contributed by atoms with Gasteiger partial charge < -0.3 is 14.6 Å². The summed E-state index contributed by atoms with van der Waals surface area (Å²) in [6.07, 6.45) is 2.39. The van der Waals surface area contributed by atoms with Gasteiger partial charge in [-0.1, -0.05) is 25.5 Å². The van der Waals surface area contributed by atoms with Crippen LogP contribution in [0.2, 0.25) is 0 Å². The SMILES string of the molecule is CCCCc1ccc(OC(COC)C(=O)O)cc1. The van der Waals surface area contributed by atoms with Crippen LogP contribution in [0.4, 0.5) is 0 Å². The van der Waals surface area contributed by atoms with Crippen molar-refractivity contribution in [3.8, 4) is 5.75 Å². The van der Waals surface area contributed by atoms with E-state index in [0.29, 0.717) is 5.75 Å². The molecule has 0 heterocycles. The van der Waals surface area contributed by atoms with Crippen molar-refractivity contribution in [1.82, 2.24) is 0 Å². The molecule has 1 aromatic rings. The number of hydrogen-bond donors (Lipinski definition) is 1. The normalized spacial score (nSPS) is 12.1. The van der Waals surface area contributed by atoms with Crippen LogP contribution >= 0.6 is 0 Å². The molecular weight excluding hydrogens is 232 g/mol. The van der Waals surface area contributed by atoms with Gasteiger partial charge in [-0.15, -0.1) is 0 Å². The van der Waals surface area contributed by atoms with Gasteiger partial charge >= 0.3 is 5.97 Å². The molecule has 100 valence electrons. The van der Waals surface area contributed by atoms with Crippen LogP contribution in [-0.4, -0.2) is 30.9 Å². The van der Waals surface area contributed by atoms with Crippen molar-refractivity contribution in [3.05, 3.63) is 29.8 Å². The Morgan fingerprint density at radius 3 is 2.50 bits per heavy atom. The third kappa shape index (κ3) is 4.75. The van der Waals surface area contributed by atoms with Crippen LogP contribution in [0.15, 0.2) is 24.3 Å². The average molecular weight is 252 g/mol. The highest BCUT2D eigenvalue weighted by Crippen LogP contribution is 2.15. The Bertz CT molecular complexity index is 359. The highest BCUT2D eigenvalue weighted by Gasteiger charge is 2.18. The Labute approximate surface area is 108 Å². The monoisotopic (exact) mass is 252 g/mol. The van der Waals surface area contributed by atoms with Crippen LogP contribution in [0, 0.1) is 0 Å². The molecule has 4 nitrogen and oxygen atoms in total. The quantitative estimate of drug-likeness (QED) is 0.772. The fraction of sp³-hybridized carbons (Fsp3) is 0.500. The van der Waals surface area contributed by atoms with Crippen LogP contribution in [-0.2, 0) is 16.0 Å². The zero-order chi connectivity index (χ0) is 13.4. The lowest BCUT2D eigenvalue weighted by molar-refractivity contribution is -0.147. The molecule has 18 heavy (non-hydrogen) atoms. The number of aryl methyl sites for hydroxylation is 1. The minimum Gasteiger partial charge on any atom is -0.478 e. The third-order valence-corrected chi connectivity index (χ3v) is 2.61. The van der Waals surface area contributed by atoms with Gasteiger partial charge in [-0.25, -0.2) is 4.79 Å².